The molecule has 0 saturated heterocycles. The van der Waals surface area contributed by atoms with Crippen molar-refractivity contribution in [2.45, 2.75) is 26.3 Å². The molecular weight excluding hydrogens is 154 g/mol. The zero-order valence-corrected chi connectivity index (χ0v) is 8.32. The number of aliphatic hydroxyl groups excluding tert-OH is 2. The van der Waals surface area contributed by atoms with Gasteiger partial charge in [0.2, 0.25) is 0 Å². The predicted molar refractivity (Wildman–Crippen MR) is 50.0 cm³/mol. The molecule has 0 unspecified atom stereocenters. The summed E-state index contributed by atoms with van der Waals surface area (Å²) in [7, 11) is 1.93. The largest absolute Gasteiger partial charge is 0.395 e. The highest BCUT2D eigenvalue weighted by Gasteiger charge is 2.11. The fourth-order valence-electron chi connectivity index (χ4n) is 0.981. The van der Waals surface area contributed by atoms with Crippen molar-refractivity contribution in [1.29, 1.82) is 0 Å². The minimum Gasteiger partial charge on any atom is -0.395 e. The second kappa shape index (κ2) is 6.40. The van der Waals surface area contributed by atoms with E-state index in [4.69, 9.17) is 10.2 Å². The molecule has 3 heteroatoms. The predicted octanol–water partition coefficient (Wildman–Crippen LogP) is 0.318. The van der Waals surface area contributed by atoms with Gasteiger partial charge < -0.3 is 10.2 Å². The molecule has 0 aromatic rings. The summed E-state index contributed by atoms with van der Waals surface area (Å²) in [6, 6.07) is -0.0938. The van der Waals surface area contributed by atoms with E-state index < -0.39 is 0 Å². The first kappa shape index (κ1) is 11.9. The summed E-state index contributed by atoms with van der Waals surface area (Å²) < 4.78 is 0. The van der Waals surface area contributed by atoms with Crippen molar-refractivity contribution in [3.8, 4) is 0 Å². The average Bonchev–Trinajstić information content (AvgIpc) is 2.03. The molecule has 74 valence electrons. The van der Waals surface area contributed by atoms with Crippen molar-refractivity contribution in [3.63, 3.8) is 0 Å². The van der Waals surface area contributed by atoms with Gasteiger partial charge in [-0.25, -0.2) is 0 Å². The standard InChI is InChI=1S/C9H21NO2/c1-8(2)4-5-10(3)9(6-11)7-12/h8-9,11-12H,4-7H2,1-3H3. The molecule has 0 aromatic heterocycles. The Morgan fingerprint density at radius 2 is 1.67 bits per heavy atom. The summed E-state index contributed by atoms with van der Waals surface area (Å²) in [5.41, 5.74) is 0. The van der Waals surface area contributed by atoms with E-state index in [1.165, 1.54) is 0 Å². The summed E-state index contributed by atoms with van der Waals surface area (Å²) in [5.74, 6) is 0.672. The number of rotatable bonds is 6. The first-order valence-electron chi connectivity index (χ1n) is 4.53. The lowest BCUT2D eigenvalue weighted by atomic mass is 10.1. The highest BCUT2D eigenvalue weighted by atomic mass is 16.3. The SMILES string of the molecule is CC(C)CCN(C)C(CO)CO. The van der Waals surface area contributed by atoms with Crippen LogP contribution in [0.5, 0.6) is 0 Å². The van der Waals surface area contributed by atoms with E-state index in [0.29, 0.717) is 5.92 Å². The first-order chi connectivity index (χ1) is 5.61. The van der Waals surface area contributed by atoms with Crippen LogP contribution in [0.1, 0.15) is 20.3 Å². The van der Waals surface area contributed by atoms with Gasteiger partial charge >= 0.3 is 0 Å². The molecule has 0 aliphatic heterocycles. The van der Waals surface area contributed by atoms with E-state index in [1.807, 2.05) is 11.9 Å². The lowest BCUT2D eigenvalue weighted by Gasteiger charge is -2.25. The topological polar surface area (TPSA) is 43.7 Å². The van der Waals surface area contributed by atoms with E-state index >= 15 is 0 Å². The smallest absolute Gasteiger partial charge is 0.0609 e. The van der Waals surface area contributed by atoms with Crippen LogP contribution in [-0.2, 0) is 0 Å². The molecule has 0 rings (SSSR count). The molecule has 0 aliphatic carbocycles. The Balaban J connectivity index is 3.61. The number of likely N-dealkylation sites (N-methyl/N-ethyl adjacent to an activating group) is 1. The van der Waals surface area contributed by atoms with Gasteiger partial charge in [-0.3, -0.25) is 4.90 Å². The molecule has 3 nitrogen and oxygen atoms in total. The van der Waals surface area contributed by atoms with Gasteiger partial charge in [-0.1, -0.05) is 13.8 Å². The summed E-state index contributed by atoms with van der Waals surface area (Å²) in [6.45, 7) is 5.33. The van der Waals surface area contributed by atoms with Gasteiger partial charge in [0.05, 0.1) is 19.3 Å². The van der Waals surface area contributed by atoms with Crippen molar-refractivity contribution in [3.05, 3.63) is 0 Å². The molecule has 0 aliphatic rings. The van der Waals surface area contributed by atoms with Crippen LogP contribution in [0.15, 0.2) is 0 Å². The van der Waals surface area contributed by atoms with Gasteiger partial charge in [0.25, 0.3) is 0 Å². The average molecular weight is 175 g/mol. The molecule has 0 spiro atoms. The maximum atomic E-state index is 8.86. The van der Waals surface area contributed by atoms with Gasteiger partial charge in [0.15, 0.2) is 0 Å². The van der Waals surface area contributed by atoms with Crippen LogP contribution in [0, 0.1) is 5.92 Å². The summed E-state index contributed by atoms with van der Waals surface area (Å²) in [6.07, 6.45) is 1.10. The van der Waals surface area contributed by atoms with E-state index in [-0.39, 0.29) is 19.3 Å². The Hall–Kier alpha value is -0.120. The van der Waals surface area contributed by atoms with Crippen LogP contribution >= 0.6 is 0 Å². The molecule has 0 fully saturated rings. The van der Waals surface area contributed by atoms with Crippen molar-refractivity contribution in [2.75, 3.05) is 26.8 Å². The zero-order valence-electron chi connectivity index (χ0n) is 8.32. The van der Waals surface area contributed by atoms with E-state index in [1.54, 1.807) is 0 Å². The quantitative estimate of drug-likeness (QED) is 0.611. The van der Waals surface area contributed by atoms with Crippen molar-refractivity contribution >= 4 is 0 Å². The summed E-state index contributed by atoms with van der Waals surface area (Å²) >= 11 is 0. The minimum atomic E-state index is -0.0938. The number of aliphatic hydroxyl groups is 2. The Morgan fingerprint density at radius 3 is 2.00 bits per heavy atom. The molecular formula is C9H21NO2. The van der Waals surface area contributed by atoms with Gasteiger partial charge in [-0.15, -0.1) is 0 Å². The summed E-state index contributed by atoms with van der Waals surface area (Å²) in [5, 5.41) is 17.7. The van der Waals surface area contributed by atoms with Crippen molar-refractivity contribution in [1.82, 2.24) is 4.90 Å². The highest BCUT2D eigenvalue weighted by Crippen LogP contribution is 2.03. The Labute approximate surface area is 75.0 Å². The van der Waals surface area contributed by atoms with E-state index in [9.17, 15) is 0 Å². The molecule has 0 saturated carbocycles. The van der Waals surface area contributed by atoms with Gasteiger partial charge in [-0.05, 0) is 25.9 Å². The van der Waals surface area contributed by atoms with Crippen LogP contribution in [-0.4, -0.2) is 48.0 Å². The molecule has 12 heavy (non-hydrogen) atoms. The fraction of sp³-hybridized carbons (Fsp3) is 1.00. The summed E-state index contributed by atoms with van der Waals surface area (Å²) in [4.78, 5) is 2.00. The molecule has 0 amide bonds. The second-order valence-electron chi connectivity index (χ2n) is 3.68. The second-order valence-corrected chi connectivity index (χ2v) is 3.68. The number of hydrogen-bond acceptors (Lipinski definition) is 3. The Morgan fingerprint density at radius 1 is 1.17 bits per heavy atom. The lowest BCUT2D eigenvalue weighted by Crippen LogP contribution is -2.38. The van der Waals surface area contributed by atoms with Crippen LogP contribution in [0.3, 0.4) is 0 Å². The zero-order chi connectivity index (χ0) is 9.56. The maximum absolute atomic E-state index is 8.86. The fourth-order valence-corrected chi connectivity index (χ4v) is 0.981. The van der Waals surface area contributed by atoms with Crippen molar-refractivity contribution < 1.29 is 10.2 Å². The number of hydrogen-bond donors (Lipinski definition) is 2. The third-order valence-electron chi connectivity index (χ3n) is 2.10. The third-order valence-corrected chi connectivity index (χ3v) is 2.10. The molecule has 2 N–H and O–H groups in total. The lowest BCUT2D eigenvalue weighted by molar-refractivity contribution is 0.0888. The van der Waals surface area contributed by atoms with Crippen LogP contribution in [0.25, 0.3) is 0 Å². The molecule has 0 radical (unpaired) electrons. The third kappa shape index (κ3) is 4.70. The monoisotopic (exact) mass is 175 g/mol. The van der Waals surface area contributed by atoms with Crippen LogP contribution in [0.2, 0.25) is 0 Å². The molecule has 0 heterocycles. The van der Waals surface area contributed by atoms with Crippen molar-refractivity contribution in [2.24, 2.45) is 5.92 Å². The first-order valence-corrected chi connectivity index (χ1v) is 4.53. The Bertz CT molecular complexity index is 103. The van der Waals surface area contributed by atoms with Gasteiger partial charge in [0, 0.05) is 0 Å². The van der Waals surface area contributed by atoms with Crippen LogP contribution < -0.4 is 0 Å². The number of nitrogens with zero attached hydrogens (tertiary/aromatic N) is 1. The Kier molecular flexibility index (Phi) is 6.34. The van der Waals surface area contributed by atoms with Gasteiger partial charge in [0.1, 0.15) is 0 Å². The van der Waals surface area contributed by atoms with Gasteiger partial charge in [-0.2, -0.15) is 0 Å². The van der Waals surface area contributed by atoms with E-state index in [0.717, 1.165) is 13.0 Å². The normalized spacial score (nSPS) is 12.0. The van der Waals surface area contributed by atoms with E-state index in [2.05, 4.69) is 13.8 Å². The minimum absolute atomic E-state index is 0.0328. The maximum Gasteiger partial charge on any atom is 0.0609 e. The highest BCUT2D eigenvalue weighted by molar-refractivity contribution is 4.66. The molecule has 0 aromatic carbocycles. The molecule has 0 atom stereocenters. The molecule has 0 bridgehead atoms. The van der Waals surface area contributed by atoms with Crippen LogP contribution in [0.4, 0.5) is 0 Å².